The second-order valence-corrected chi connectivity index (χ2v) is 9.92. The van der Waals surface area contributed by atoms with Gasteiger partial charge in [-0.2, -0.15) is 0 Å². The zero-order valence-corrected chi connectivity index (χ0v) is 20.5. The second kappa shape index (κ2) is 8.43. The van der Waals surface area contributed by atoms with Crippen LogP contribution < -0.4 is 0 Å². The van der Waals surface area contributed by atoms with Crippen molar-refractivity contribution in [3.8, 4) is 5.69 Å². The van der Waals surface area contributed by atoms with Gasteiger partial charge in [-0.25, -0.2) is 0 Å². The highest BCUT2D eigenvalue weighted by atomic mass is 32.2. The van der Waals surface area contributed by atoms with Crippen LogP contribution in [0.25, 0.3) is 5.69 Å². The molecule has 0 unspecified atom stereocenters. The number of aliphatic imine (C=N–C) groups is 1. The number of aryl methyl sites for hydroxylation is 3. The molecule has 3 atom stereocenters. The quantitative estimate of drug-likeness (QED) is 0.460. The molecule has 0 aliphatic carbocycles. The maximum absolute atomic E-state index is 5.21. The Kier molecular flexibility index (Phi) is 5.62. The Hall–Kier alpha value is -2.53. The van der Waals surface area contributed by atoms with Crippen molar-refractivity contribution >= 4 is 16.9 Å². The summed E-state index contributed by atoms with van der Waals surface area (Å²) in [6.07, 6.45) is 4.05. The van der Waals surface area contributed by atoms with Gasteiger partial charge in [0.15, 0.2) is 5.17 Å². The third-order valence-electron chi connectivity index (χ3n) is 7.04. The van der Waals surface area contributed by atoms with Crippen molar-refractivity contribution in [2.75, 3.05) is 5.75 Å². The van der Waals surface area contributed by atoms with Crippen molar-refractivity contribution in [3.05, 3.63) is 82.4 Å². The summed E-state index contributed by atoms with van der Waals surface area (Å²) in [6.45, 7) is 11.3. The van der Waals surface area contributed by atoms with Gasteiger partial charge in [-0.1, -0.05) is 49.9 Å². The lowest BCUT2D eigenvalue weighted by Gasteiger charge is -2.32. The van der Waals surface area contributed by atoms with E-state index in [0.717, 1.165) is 24.3 Å². The fourth-order valence-electron chi connectivity index (χ4n) is 5.44. The number of hydrogen-bond acceptors (Lipinski definition) is 4. The summed E-state index contributed by atoms with van der Waals surface area (Å²) < 4.78 is 2.47. The van der Waals surface area contributed by atoms with E-state index in [0.29, 0.717) is 6.04 Å². The number of para-hydroxylation sites is 1. The highest BCUT2D eigenvalue weighted by Gasteiger charge is 2.46. The fraction of sp³-hybridized carbons (Fsp3) is 0.407. The van der Waals surface area contributed by atoms with Crippen LogP contribution in [0.4, 0.5) is 0 Å². The van der Waals surface area contributed by atoms with Crippen LogP contribution in [0.2, 0.25) is 0 Å². The third kappa shape index (κ3) is 3.29. The maximum Gasteiger partial charge on any atom is 0.160 e. The molecule has 4 nitrogen and oxygen atoms in total. The molecule has 0 amide bonds. The van der Waals surface area contributed by atoms with Crippen LogP contribution in [0.3, 0.4) is 0 Å². The van der Waals surface area contributed by atoms with Crippen LogP contribution in [0.5, 0.6) is 0 Å². The van der Waals surface area contributed by atoms with Gasteiger partial charge in [-0.15, -0.1) is 0 Å². The number of rotatable bonds is 5. The molecule has 3 aromatic rings. The molecule has 1 fully saturated rings. The summed E-state index contributed by atoms with van der Waals surface area (Å²) in [5, 5.41) is 1.19. The minimum atomic E-state index is 0.0320. The van der Waals surface area contributed by atoms with E-state index in [-0.39, 0.29) is 12.1 Å². The normalized spacial score (nSPS) is 22.3. The lowest BCUT2D eigenvalue weighted by molar-refractivity contribution is 0.254. The molecule has 2 aliphatic rings. The molecule has 0 radical (unpaired) electrons. The molecular formula is C27H32N4S. The number of hydrogen-bond donors (Lipinski definition) is 0. The van der Waals surface area contributed by atoms with E-state index >= 15 is 0 Å². The summed E-state index contributed by atoms with van der Waals surface area (Å²) in [5.41, 5.74) is 9.10. The van der Waals surface area contributed by atoms with Crippen LogP contribution >= 0.6 is 11.8 Å². The van der Waals surface area contributed by atoms with E-state index in [1.54, 1.807) is 0 Å². The zero-order chi connectivity index (χ0) is 22.4. The van der Waals surface area contributed by atoms with E-state index in [1.807, 2.05) is 24.0 Å². The van der Waals surface area contributed by atoms with Crippen LogP contribution in [0, 0.1) is 20.8 Å². The molecule has 0 saturated carbocycles. The third-order valence-corrected chi connectivity index (χ3v) is 8.17. The topological polar surface area (TPSA) is 33.4 Å². The van der Waals surface area contributed by atoms with E-state index < -0.39 is 0 Å². The minimum absolute atomic E-state index is 0.0320. The summed E-state index contributed by atoms with van der Waals surface area (Å²) in [7, 11) is 0. The van der Waals surface area contributed by atoms with Crippen LogP contribution in [0.1, 0.15) is 66.1 Å². The molecule has 1 aromatic carbocycles. The van der Waals surface area contributed by atoms with Crippen LogP contribution in [-0.4, -0.2) is 31.4 Å². The van der Waals surface area contributed by atoms with Gasteiger partial charge in [0, 0.05) is 29.4 Å². The molecule has 2 aromatic heterocycles. The summed E-state index contributed by atoms with van der Waals surface area (Å²) in [4.78, 5) is 12.5. The Balaban J connectivity index is 1.67. The largest absolute Gasteiger partial charge is 0.338 e. The molecule has 4 heterocycles. The molecule has 0 spiro atoms. The van der Waals surface area contributed by atoms with Crippen molar-refractivity contribution < 1.29 is 0 Å². The van der Waals surface area contributed by atoms with Gasteiger partial charge in [0.25, 0.3) is 0 Å². The van der Waals surface area contributed by atoms with Crippen molar-refractivity contribution in [3.63, 3.8) is 0 Å². The first-order valence-corrected chi connectivity index (χ1v) is 12.7. The van der Waals surface area contributed by atoms with E-state index in [4.69, 9.17) is 9.98 Å². The molecule has 0 N–H and O–H groups in total. The number of benzene rings is 1. The molecule has 5 rings (SSSR count). The lowest BCUT2D eigenvalue weighted by Crippen LogP contribution is -2.35. The average molecular weight is 445 g/mol. The van der Waals surface area contributed by atoms with E-state index in [1.165, 1.54) is 38.9 Å². The van der Waals surface area contributed by atoms with Gasteiger partial charge in [0.2, 0.25) is 0 Å². The van der Waals surface area contributed by atoms with Crippen LogP contribution in [0.15, 0.2) is 53.7 Å². The summed E-state index contributed by atoms with van der Waals surface area (Å²) in [6, 6.07) is 16.0. The number of nitrogens with zero attached hydrogens (tertiary/aromatic N) is 4. The van der Waals surface area contributed by atoms with E-state index in [9.17, 15) is 0 Å². The Morgan fingerprint density at radius 3 is 2.62 bits per heavy atom. The van der Waals surface area contributed by atoms with Crippen molar-refractivity contribution in [2.24, 2.45) is 4.99 Å². The van der Waals surface area contributed by atoms with Crippen LogP contribution in [-0.2, 0) is 6.42 Å². The number of thioether (sulfide) groups is 1. The first-order chi connectivity index (χ1) is 15.5. The molecular weight excluding hydrogens is 412 g/mol. The highest BCUT2D eigenvalue weighted by Crippen LogP contribution is 2.50. The molecule has 166 valence electrons. The van der Waals surface area contributed by atoms with Gasteiger partial charge in [0.05, 0.1) is 17.4 Å². The van der Waals surface area contributed by atoms with Gasteiger partial charge >= 0.3 is 0 Å². The molecule has 2 aliphatic heterocycles. The molecule has 5 heteroatoms. The van der Waals surface area contributed by atoms with Gasteiger partial charge in [0.1, 0.15) is 6.04 Å². The summed E-state index contributed by atoms with van der Waals surface area (Å²) in [5.74, 6) is 1.12. The number of aromatic nitrogens is 2. The van der Waals surface area contributed by atoms with E-state index in [2.05, 4.69) is 80.5 Å². The minimum Gasteiger partial charge on any atom is -0.338 e. The Bertz CT molecular complexity index is 1160. The SMILES string of the molecule is CCc1cccc(C)c1-n1c(C)cc([C@@H]2[C@@H](c3ccccn3)N=C3SC[C@H](CC)N32)c1C. The first kappa shape index (κ1) is 21.3. The smallest absolute Gasteiger partial charge is 0.160 e. The number of fused-ring (bicyclic) bond motifs is 1. The lowest BCUT2D eigenvalue weighted by atomic mass is 9.95. The monoisotopic (exact) mass is 444 g/mol. The standard InChI is InChI=1S/C27H32N4S/c1-6-20-12-10-11-17(3)25(20)30-18(4)15-22(19(30)5)26-24(23-13-8-9-14-28-23)29-27-31(26)21(7-2)16-32-27/h8-15,21,24,26H,6-7,16H2,1-5H3/t21-,24+,26+/m0/s1. The predicted octanol–water partition coefficient (Wildman–Crippen LogP) is 6.34. The molecule has 32 heavy (non-hydrogen) atoms. The summed E-state index contributed by atoms with van der Waals surface area (Å²) >= 11 is 1.91. The average Bonchev–Trinajstić information content (AvgIpc) is 3.46. The second-order valence-electron chi connectivity index (χ2n) is 8.93. The Morgan fingerprint density at radius 2 is 1.91 bits per heavy atom. The molecule has 0 bridgehead atoms. The van der Waals surface area contributed by atoms with Crippen molar-refractivity contribution in [2.45, 2.75) is 65.6 Å². The highest BCUT2D eigenvalue weighted by molar-refractivity contribution is 8.14. The predicted molar refractivity (Wildman–Crippen MR) is 135 cm³/mol. The molecule has 1 saturated heterocycles. The van der Waals surface area contributed by atoms with Gasteiger partial charge < -0.3 is 9.47 Å². The van der Waals surface area contributed by atoms with Crippen molar-refractivity contribution in [1.29, 1.82) is 0 Å². The van der Waals surface area contributed by atoms with Gasteiger partial charge in [-0.05, 0) is 68.5 Å². The fourth-order valence-corrected chi connectivity index (χ4v) is 6.78. The van der Waals surface area contributed by atoms with Gasteiger partial charge in [-0.3, -0.25) is 9.98 Å². The number of amidine groups is 1. The Labute approximate surface area is 195 Å². The Morgan fingerprint density at radius 1 is 1.06 bits per heavy atom. The zero-order valence-electron chi connectivity index (χ0n) is 19.7. The number of pyridine rings is 1. The first-order valence-electron chi connectivity index (χ1n) is 11.7. The maximum atomic E-state index is 5.21. The van der Waals surface area contributed by atoms with Crippen molar-refractivity contribution in [1.82, 2.24) is 14.5 Å².